The van der Waals surface area contributed by atoms with E-state index < -0.39 is 0 Å². The predicted molar refractivity (Wildman–Crippen MR) is 116 cm³/mol. The van der Waals surface area contributed by atoms with E-state index in [4.69, 9.17) is 0 Å². The molecular weight excluding hydrogens is 365 g/mol. The van der Waals surface area contributed by atoms with Crippen LogP contribution in [0.1, 0.15) is 56.9 Å². The molecule has 0 saturated carbocycles. The van der Waals surface area contributed by atoms with Crippen LogP contribution in [0.3, 0.4) is 0 Å². The van der Waals surface area contributed by atoms with Crippen LogP contribution >= 0.6 is 0 Å². The first-order valence-corrected chi connectivity index (χ1v) is 11.6. The largest absolute Gasteiger partial charge is 0.371 e. The van der Waals surface area contributed by atoms with Crippen molar-refractivity contribution in [3.63, 3.8) is 0 Å². The van der Waals surface area contributed by atoms with Gasteiger partial charge in [-0.25, -0.2) is 4.39 Å². The van der Waals surface area contributed by atoms with Crippen LogP contribution in [0.2, 0.25) is 0 Å². The Morgan fingerprint density at radius 1 is 1.03 bits per heavy atom. The van der Waals surface area contributed by atoms with Crippen LogP contribution in [0, 0.1) is 18.7 Å². The van der Waals surface area contributed by atoms with Gasteiger partial charge in [-0.2, -0.15) is 0 Å². The summed E-state index contributed by atoms with van der Waals surface area (Å²) >= 11 is 0. The molecule has 0 N–H and O–H groups in total. The van der Waals surface area contributed by atoms with E-state index >= 15 is 0 Å². The molecule has 0 unspecified atom stereocenters. The van der Waals surface area contributed by atoms with Gasteiger partial charge in [-0.05, 0) is 88.1 Å². The van der Waals surface area contributed by atoms with Gasteiger partial charge in [0, 0.05) is 50.9 Å². The van der Waals surface area contributed by atoms with Gasteiger partial charge in [0.25, 0.3) is 0 Å². The number of halogens is 1. The quantitative estimate of drug-likeness (QED) is 0.739. The second-order valence-electron chi connectivity index (χ2n) is 9.28. The highest BCUT2D eigenvalue weighted by molar-refractivity contribution is 5.76. The minimum absolute atomic E-state index is 0.149. The van der Waals surface area contributed by atoms with E-state index in [1.54, 1.807) is 12.1 Å². The lowest BCUT2D eigenvalue weighted by Gasteiger charge is -2.43. The van der Waals surface area contributed by atoms with Gasteiger partial charge in [0.2, 0.25) is 5.91 Å². The van der Waals surface area contributed by atoms with Gasteiger partial charge in [-0.3, -0.25) is 9.69 Å². The number of rotatable bonds is 5. The van der Waals surface area contributed by atoms with Crippen molar-refractivity contribution in [2.75, 3.05) is 44.2 Å². The predicted octanol–water partition coefficient (Wildman–Crippen LogP) is 4.22. The third-order valence-corrected chi connectivity index (χ3v) is 7.26. The molecule has 29 heavy (non-hydrogen) atoms. The number of hydrogen-bond donors (Lipinski definition) is 0. The fourth-order valence-corrected chi connectivity index (χ4v) is 5.56. The summed E-state index contributed by atoms with van der Waals surface area (Å²) in [6, 6.07) is 5.80. The zero-order valence-electron chi connectivity index (χ0n) is 17.9. The molecule has 1 aromatic carbocycles. The van der Waals surface area contributed by atoms with E-state index in [1.165, 1.54) is 50.8 Å². The number of benzene rings is 1. The van der Waals surface area contributed by atoms with Crippen LogP contribution in [-0.4, -0.2) is 61.0 Å². The Morgan fingerprint density at radius 3 is 2.52 bits per heavy atom. The third kappa shape index (κ3) is 5.11. The number of carbonyl (C=O) groups is 1. The Kier molecular flexibility index (Phi) is 6.74. The smallest absolute Gasteiger partial charge is 0.222 e. The third-order valence-electron chi connectivity index (χ3n) is 7.26. The lowest BCUT2D eigenvalue weighted by atomic mass is 9.90. The Balaban J connectivity index is 1.24. The fourth-order valence-electron chi connectivity index (χ4n) is 5.56. The second kappa shape index (κ2) is 9.46. The van der Waals surface area contributed by atoms with E-state index in [0.717, 1.165) is 51.1 Å². The molecular formula is C24H36FN3O. The molecule has 0 spiro atoms. The zero-order valence-corrected chi connectivity index (χ0v) is 17.9. The number of carbonyl (C=O) groups excluding carboxylic acids is 1. The molecule has 3 heterocycles. The summed E-state index contributed by atoms with van der Waals surface area (Å²) in [5.41, 5.74) is 2.21. The fraction of sp³-hybridized carbons (Fsp3) is 0.708. The van der Waals surface area contributed by atoms with Crippen LogP contribution in [0.15, 0.2) is 18.2 Å². The van der Waals surface area contributed by atoms with Crippen molar-refractivity contribution in [2.24, 2.45) is 5.92 Å². The average molecular weight is 402 g/mol. The maximum Gasteiger partial charge on any atom is 0.222 e. The van der Waals surface area contributed by atoms with Crippen molar-refractivity contribution in [3.05, 3.63) is 29.6 Å². The highest BCUT2D eigenvalue weighted by atomic mass is 19.1. The molecule has 0 bridgehead atoms. The standard InChI is InChI=1S/C24H36FN3O/c1-19-17-21(25)7-8-23(19)26-15-10-22(11-16-26)28-14-4-5-20(18-28)6-9-24(29)27-12-2-3-13-27/h7-8,17,20,22H,2-6,9-16,18H2,1H3/t20-/m0/s1. The molecule has 1 atom stereocenters. The number of amides is 1. The number of anilines is 1. The van der Waals surface area contributed by atoms with E-state index in [0.29, 0.717) is 17.9 Å². The van der Waals surface area contributed by atoms with Crippen molar-refractivity contribution in [2.45, 2.75) is 64.3 Å². The normalized spacial score (nSPS) is 24.3. The minimum Gasteiger partial charge on any atom is -0.371 e. The van der Waals surface area contributed by atoms with Gasteiger partial charge in [0.15, 0.2) is 0 Å². The lowest BCUT2D eigenvalue weighted by molar-refractivity contribution is -0.130. The van der Waals surface area contributed by atoms with Gasteiger partial charge in [0.1, 0.15) is 5.82 Å². The summed E-state index contributed by atoms with van der Waals surface area (Å²) in [5.74, 6) is 0.902. The van der Waals surface area contributed by atoms with Gasteiger partial charge < -0.3 is 9.80 Å². The van der Waals surface area contributed by atoms with Crippen LogP contribution in [0.5, 0.6) is 0 Å². The van der Waals surface area contributed by atoms with Gasteiger partial charge in [-0.15, -0.1) is 0 Å². The number of aryl methyl sites for hydroxylation is 1. The maximum absolute atomic E-state index is 13.4. The summed E-state index contributed by atoms with van der Waals surface area (Å²) in [6.07, 6.45) is 9.04. The Bertz CT molecular complexity index is 695. The number of piperidine rings is 2. The van der Waals surface area contributed by atoms with Gasteiger partial charge in [-0.1, -0.05) is 0 Å². The van der Waals surface area contributed by atoms with Crippen LogP contribution in [0.4, 0.5) is 10.1 Å². The average Bonchev–Trinajstić information content (AvgIpc) is 3.28. The van der Waals surface area contributed by atoms with Crippen molar-refractivity contribution >= 4 is 11.6 Å². The van der Waals surface area contributed by atoms with Gasteiger partial charge in [0.05, 0.1) is 0 Å². The minimum atomic E-state index is -0.149. The van der Waals surface area contributed by atoms with Crippen LogP contribution < -0.4 is 4.90 Å². The van der Waals surface area contributed by atoms with Crippen LogP contribution in [-0.2, 0) is 4.79 Å². The molecule has 3 saturated heterocycles. The second-order valence-corrected chi connectivity index (χ2v) is 9.28. The summed E-state index contributed by atoms with van der Waals surface area (Å²) < 4.78 is 13.4. The van der Waals surface area contributed by atoms with E-state index in [-0.39, 0.29) is 5.82 Å². The molecule has 4 nitrogen and oxygen atoms in total. The summed E-state index contributed by atoms with van der Waals surface area (Å²) in [5, 5.41) is 0. The molecule has 5 heteroatoms. The highest BCUT2D eigenvalue weighted by Gasteiger charge is 2.30. The molecule has 3 fully saturated rings. The highest BCUT2D eigenvalue weighted by Crippen LogP contribution is 2.29. The van der Waals surface area contributed by atoms with Crippen molar-refractivity contribution < 1.29 is 9.18 Å². The molecule has 0 radical (unpaired) electrons. The molecule has 1 amide bonds. The molecule has 4 rings (SSSR count). The summed E-state index contributed by atoms with van der Waals surface area (Å²) in [4.78, 5) is 19.6. The SMILES string of the molecule is Cc1cc(F)ccc1N1CCC(N2CCC[C@@H](CCC(=O)N3CCCC3)C2)CC1. The number of likely N-dealkylation sites (tertiary alicyclic amines) is 2. The van der Waals surface area contributed by atoms with Gasteiger partial charge >= 0.3 is 0 Å². The van der Waals surface area contributed by atoms with E-state index in [2.05, 4.69) is 14.7 Å². The molecule has 3 aliphatic rings. The van der Waals surface area contributed by atoms with Crippen molar-refractivity contribution in [3.8, 4) is 0 Å². The van der Waals surface area contributed by atoms with Crippen LogP contribution in [0.25, 0.3) is 0 Å². The first-order valence-electron chi connectivity index (χ1n) is 11.6. The number of nitrogens with zero attached hydrogens (tertiary/aromatic N) is 3. The van der Waals surface area contributed by atoms with E-state index in [1.807, 2.05) is 13.0 Å². The number of hydrogen-bond acceptors (Lipinski definition) is 3. The topological polar surface area (TPSA) is 26.8 Å². The molecule has 160 valence electrons. The van der Waals surface area contributed by atoms with Crippen molar-refractivity contribution in [1.82, 2.24) is 9.80 Å². The lowest BCUT2D eigenvalue weighted by Crippen LogP contribution is -2.48. The maximum atomic E-state index is 13.4. The van der Waals surface area contributed by atoms with E-state index in [9.17, 15) is 9.18 Å². The van der Waals surface area contributed by atoms with Crippen molar-refractivity contribution in [1.29, 1.82) is 0 Å². The summed E-state index contributed by atoms with van der Waals surface area (Å²) in [7, 11) is 0. The molecule has 0 aromatic heterocycles. The zero-order chi connectivity index (χ0) is 20.2. The molecule has 3 aliphatic heterocycles. The monoisotopic (exact) mass is 401 g/mol. The Hall–Kier alpha value is -1.62. The molecule has 0 aliphatic carbocycles. The first kappa shape index (κ1) is 20.6. The Morgan fingerprint density at radius 2 is 1.79 bits per heavy atom. The Labute approximate surface area is 175 Å². The molecule has 1 aromatic rings. The first-order chi connectivity index (χ1) is 14.1. The summed E-state index contributed by atoms with van der Waals surface area (Å²) in [6.45, 7) is 8.41.